The third-order valence-corrected chi connectivity index (χ3v) is 8.77. The Bertz CT molecular complexity index is 1480. The number of hydrogen-bond acceptors (Lipinski definition) is 3. The summed E-state index contributed by atoms with van der Waals surface area (Å²) in [4.78, 5) is 3.53. The fourth-order valence-corrected chi connectivity index (χ4v) is 7.17. The van der Waals surface area contributed by atoms with Crippen molar-refractivity contribution in [3.8, 4) is 10.4 Å². The van der Waals surface area contributed by atoms with Crippen LogP contribution in [0.4, 0.5) is 20.2 Å². The van der Waals surface area contributed by atoms with Gasteiger partial charge >= 0.3 is 0 Å². The Kier molecular flexibility index (Phi) is 5.88. The van der Waals surface area contributed by atoms with E-state index in [9.17, 15) is 8.78 Å². The largest absolute Gasteiger partial charge is 0.353 e. The summed E-state index contributed by atoms with van der Waals surface area (Å²) in [6.07, 6.45) is 0.691. The first kappa shape index (κ1) is 22.1. The molecule has 1 unspecified atom stereocenters. The highest BCUT2D eigenvalue weighted by Gasteiger charge is 2.31. The summed E-state index contributed by atoms with van der Waals surface area (Å²) in [6, 6.07) is 32.3. The lowest BCUT2D eigenvalue weighted by Crippen LogP contribution is -2.00. The second-order valence-corrected chi connectivity index (χ2v) is 10.7. The van der Waals surface area contributed by atoms with Crippen LogP contribution in [0.25, 0.3) is 10.4 Å². The van der Waals surface area contributed by atoms with E-state index in [4.69, 9.17) is 0 Å². The highest BCUT2D eigenvalue weighted by molar-refractivity contribution is 8.00. The summed E-state index contributed by atoms with van der Waals surface area (Å²) in [5.41, 5.74) is 6.61. The van der Waals surface area contributed by atoms with E-state index in [0.717, 1.165) is 33.0 Å². The van der Waals surface area contributed by atoms with Gasteiger partial charge in [0.15, 0.2) is 0 Å². The lowest BCUT2D eigenvalue weighted by Gasteiger charge is -2.18. The summed E-state index contributed by atoms with van der Waals surface area (Å²) in [5, 5.41) is 3.73. The van der Waals surface area contributed by atoms with Gasteiger partial charge in [-0.25, -0.2) is 8.78 Å². The maximum atomic E-state index is 13.8. The topological polar surface area (TPSA) is 12.0 Å². The Morgan fingerprint density at radius 3 is 2.11 bits per heavy atom. The van der Waals surface area contributed by atoms with Crippen molar-refractivity contribution in [1.29, 1.82) is 0 Å². The van der Waals surface area contributed by atoms with Crippen molar-refractivity contribution in [2.75, 3.05) is 5.32 Å². The van der Waals surface area contributed by atoms with E-state index in [1.807, 2.05) is 42.5 Å². The molecule has 1 aliphatic rings. The van der Waals surface area contributed by atoms with Gasteiger partial charge in [-0.15, -0.1) is 23.1 Å². The summed E-state index contributed by atoms with van der Waals surface area (Å²) >= 11 is 3.55. The Balaban J connectivity index is 1.58. The Morgan fingerprint density at radius 1 is 0.714 bits per heavy atom. The van der Waals surface area contributed by atoms with E-state index in [2.05, 4.69) is 41.7 Å². The molecule has 0 saturated carbocycles. The summed E-state index contributed by atoms with van der Waals surface area (Å²) in [5.74, 6) is -0.472. The molecule has 4 aromatic carbocycles. The SMILES string of the molecule is Fc1ccc(Cc2sc(-c3ccccc3)c3c2Nc2ccccc2SC3c2ccc(F)cc2)cc1. The minimum absolute atomic E-state index is 0.0184. The molecule has 0 fully saturated rings. The second-order valence-electron chi connectivity index (χ2n) is 8.48. The third kappa shape index (κ3) is 4.38. The fraction of sp³-hybridized carbons (Fsp3) is 0.0667. The van der Waals surface area contributed by atoms with Crippen molar-refractivity contribution in [3.05, 3.63) is 136 Å². The van der Waals surface area contributed by atoms with E-state index in [0.29, 0.717) is 6.42 Å². The Labute approximate surface area is 211 Å². The number of para-hydroxylation sites is 1. The zero-order valence-electron chi connectivity index (χ0n) is 18.7. The number of nitrogens with one attached hydrogen (secondary N) is 1. The van der Waals surface area contributed by atoms with Gasteiger partial charge < -0.3 is 5.32 Å². The van der Waals surface area contributed by atoms with Crippen molar-refractivity contribution in [3.63, 3.8) is 0 Å². The first-order chi connectivity index (χ1) is 17.2. The van der Waals surface area contributed by atoms with E-state index in [1.54, 1.807) is 23.1 Å². The van der Waals surface area contributed by atoms with Crippen molar-refractivity contribution in [2.24, 2.45) is 0 Å². The van der Waals surface area contributed by atoms with Crippen LogP contribution in [-0.4, -0.2) is 0 Å². The average molecular weight is 498 g/mol. The summed E-state index contributed by atoms with van der Waals surface area (Å²) < 4.78 is 27.4. The van der Waals surface area contributed by atoms with Crippen LogP contribution in [0.5, 0.6) is 0 Å². The molecule has 5 aromatic rings. The van der Waals surface area contributed by atoms with Crippen molar-refractivity contribution < 1.29 is 8.78 Å². The maximum absolute atomic E-state index is 13.8. The van der Waals surface area contributed by atoms with Crippen molar-refractivity contribution >= 4 is 34.5 Å². The van der Waals surface area contributed by atoms with Gasteiger partial charge in [-0.1, -0.05) is 66.7 Å². The smallest absolute Gasteiger partial charge is 0.123 e. The number of thioether (sulfide) groups is 1. The summed E-state index contributed by atoms with van der Waals surface area (Å²) in [7, 11) is 0. The van der Waals surface area contributed by atoms with Gasteiger partial charge in [-0.3, -0.25) is 0 Å². The zero-order valence-corrected chi connectivity index (χ0v) is 20.3. The third-order valence-electron chi connectivity index (χ3n) is 6.16. The van der Waals surface area contributed by atoms with Gasteiger partial charge in [-0.2, -0.15) is 0 Å². The van der Waals surface area contributed by atoms with Crippen LogP contribution in [0.15, 0.2) is 108 Å². The van der Waals surface area contributed by atoms with E-state index in [1.165, 1.54) is 39.6 Å². The Morgan fingerprint density at radius 2 is 1.37 bits per heavy atom. The van der Waals surface area contributed by atoms with Crippen LogP contribution >= 0.6 is 23.1 Å². The number of anilines is 2. The van der Waals surface area contributed by atoms with Gasteiger partial charge in [0.25, 0.3) is 0 Å². The normalized spacial score (nSPS) is 14.5. The predicted molar refractivity (Wildman–Crippen MR) is 143 cm³/mol. The zero-order chi connectivity index (χ0) is 23.8. The van der Waals surface area contributed by atoms with E-state index in [-0.39, 0.29) is 16.9 Å². The first-order valence-electron chi connectivity index (χ1n) is 11.4. The molecule has 1 aliphatic heterocycles. The molecule has 0 amide bonds. The highest BCUT2D eigenvalue weighted by Crippen LogP contribution is 2.56. The second kappa shape index (κ2) is 9.33. The van der Waals surface area contributed by atoms with Gasteiger partial charge in [0.05, 0.1) is 16.6 Å². The van der Waals surface area contributed by atoms with Gasteiger partial charge in [-0.05, 0) is 53.1 Å². The molecular formula is C30H21F2NS2. The fourth-order valence-electron chi connectivity index (χ4n) is 4.46. The number of rotatable bonds is 4. The molecule has 5 heteroatoms. The standard InChI is InChI=1S/C30H21F2NS2/c31-22-14-10-19(11-15-22)18-26-28-27(29(35-26)20-6-2-1-3-7-20)30(21-12-16-23(32)17-13-21)34-25-9-5-4-8-24(25)33-28/h1-17,30,33H,18H2. The molecule has 0 aliphatic carbocycles. The van der Waals surface area contributed by atoms with E-state index >= 15 is 0 Å². The van der Waals surface area contributed by atoms with Crippen LogP contribution < -0.4 is 5.32 Å². The van der Waals surface area contributed by atoms with Crippen LogP contribution in [0.2, 0.25) is 0 Å². The molecule has 0 saturated heterocycles. The van der Waals surface area contributed by atoms with Crippen LogP contribution in [0.1, 0.15) is 26.8 Å². The van der Waals surface area contributed by atoms with Crippen LogP contribution in [0.3, 0.4) is 0 Å². The molecule has 35 heavy (non-hydrogen) atoms. The molecule has 0 bridgehead atoms. The molecule has 172 valence electrons. The Hall–Kier alpha value is -3.41. The van der Waals surface area contributed by atoms with Gasteiger partial charge in [0.2, 0.25) is 0 Å². The molecule has 6 rings (SSSR count). The van der Waals surface area contributed by atoms with Crippen molar-refractivity contribution in [1.82, 2.24) is 0 Å². The van der Waals surface area contributed by atoms with E-state index < -0.39 is 0 Å². The molecular weight excluding hydrogens is 476 g/mol. The van der Waals surface area contributed by atoms with Crippen molar-refractivity contribution in [2.45, 2.75) is 16.6 Å². The number of thiophene rings is 1. The molecule has 1 aromatic heterocycles. The predicted octanol–water partition coefficient (Wildman–Crippen LogP) is 9.22. The average Bonchev–Trinajstić information content (AvgIpc) is 3.13. The molecule has 1 atom stereocenters. The first-order valence-corrected chi connectivity index (χ1v) is 13.1. The molecule has 2 heterocycles. The van der Waals surface area contributed by atoms with Gasteiger partial charge in [0.1, 0.15) is 11.6 Å². The monoisotopic (exact) mass is 497 g/mol. The number of fused-ring (bicyclic) bond motifs is 2. The lowest BCUT2D eigenvalue weighted by molar-refractivity contribution is 0.627. The maximum Gasteiger partial charge on any atom is 0.123 e. The van der Waals surface area contributed by atoms with Crippen LogP contribution in [0, 0.1) is 11.6 Å². The summed E-state index contributed by atoms with van der Waals surface area (Å²) in [6.45, 7) is 0. The lowest BCUT2D eigenvalue weighted by atomic mass is 9.98. The number of hydrogen-bond donors (Lipinski definition) is 1. The molecule has 1 N–H and O–H groups in total. The molecule has 1 nitrogen and oxygen atoms in total. The highest BCUT2D eigenvalue weighted by atomic mass is 32.2. The minimum atomic E-state index is -0.239. The minimum Gasteiger partial charge on any atom is -0.353 e. The quantitative estimate of drug-likeness (QED) is 0.266. The molecule has 0 radical (unpaired) electrons. The molecule has 0 spiro atoms. The number of benzene rings is 4. The number of halogens is 2. The van der Waals surface area contributed by atoms with Crippen LogP contribution in [-0.2, 0) is 6.42 Å². The van der Waals surface area contributed by atoms with Gasteiger partial charge in [0, 0.05) is 26.6 Å².